The molecule has 1 heterocycles. The number of benzene rings is 1. The number of carbonyl (C=O) groups is 2. The highest BCUT2D eigenvalue weighted by atomic mass is 16.1. The molecule has 0 aliphatic rings. The van der Waals surface area contributed by atoms with Crippen molar-refractivity contribution in [3.63, 3.8) is 0 Å². The Morgan fingerprint density at radius 1 is 1.16 bits per heavy atom. The summed E-state index contributed by atoms with van der Waals surface area (Å²) in [5.74, 6) is 0.0946. The third-order valence-corrected chi connectivity index (χ3v) is 4.19. The molecule has 2 aromatic rings. The van der Waals surface area contributed by atoms with Crippen molar-refractivity contribution in [2.45, 2.75) is 59.5 Å². The molecule has 134 valence electrons. The summed E-state index contributed by atoms with van der Waals surface area (Å²) in [5.41, 5.74) is 4.00. The molecule has 0 bridgehead atoms. The number of hydrogen-bond donors (Lipinski definition) is 1. The first-order valence-electron chi connectivity index (χ1n) is 8.74. The molecule has 5 heteroatoms. The normalized spacial score (nSPS) is 12.0. The number of nitrogens with one attached hydrogen (secondary N) is 1. The van der Waals surface area contributed by atoms with Gasteiger partial charge in [-0.05, 0) is 51.3 Å². The Balaban J connectivity index is 1.78. The van der Waals surface area contributed by atoms with Crippen LogP contribution < -0.4 is 5.32 Å². The fraction of sp³-hybridized carbons (Fsp3) is 0.450. The molecule has 1 aromatic heterocycles. The quantitative estimate of drug-likeness (QED) is 0.749. The topological polar surface area (TPSA) is 64.0 Å². The maximum atomic E-state index is 12.5. The molecule has 0 spiro atoms. The van der Waals surface area contributed by atoms with E-state index in [1.165, 1.54) is 0 Å². The highest BCUT2D eigenvalue weighted by molar-refractivity contribution is 5.99. The van der Waals surface area contributed by atoms with Gasteiger partial charge in [-0.15, -0.1) is 0 Å². The van der Waals surface area contributed by atoms with E-state index in [9.17, 15) is 9.59 Å². The highest BCUT2D eigenvalue weighted by Gasteiger charge is 2.14. The third kappa shape index (κ3) is 5.55. The fourth-order valence-electron chi connectivity index (χ4n) is 3.24. The van der Waals surface area contributed by atoms with Crippen LogP contribution in [0.4, 0.5) is 0 Å². The smallest absolute Gasteiger partial charge is 0.220 e. The van der Waals surface area contributed by atoms with Crippen LogP contribution in [0.5, 0.6) is 0 Å². The summed E-state index contributed by atoms with van der Waals surface area (Å²) in [6, 6.07) is 5.92. The Morgan fingerprint density at radius 2 is 1.84 bits per heavy atom. The predicted molar refractivity (Wildman–Crippen MR) is 98.7 cm³/mol. The van der Waals surface area contributed by atoms with Gasteiger partial charge in [0.1, 0.15) is 0 Å². The van der Waals surface area contributed by atoms with Crippen molar-refractivity contribution in [3.8, 4) is 0 Å². The molecule has 1 N–H and O–H groups in total. The van der Waals surface area contributed by atoms with Crippen LogP contribution in [0.3, 0.4) is 0 Å². The standard InChI is InChI=1S/C20H27N3O2/c1-14-11-15(2)20(16(3)12-14)18(24)7-5-8-19(25)22-17(4)13-23-10-6-9-21-23/h6,9-12,17H,5,7-8,13H2,1-4H3,(H,22,25)/t17-/m0/s1. The van der Waals surface area contributed by atoms with Crippen molar-refractivity contribution in [2.75, 3.05) is 0 Å². The summed E-state index contributed by atoms with van der Waals surface area (Å²) in [5, 5.41) is 7.08. The van der Waals surface area contributed by atoms with Gasteiger partial charge >= 0.3 is 0 Å². The average Bonchev–Trinajstić information content (AvgIpc) is 2.98. The lowest BCUT2D eigenvalue weighted by molar-refractivity contribution is -0.121. The van der Waals surface area contributed by atoms with Gasteiger partial charge in [-0.3, -0.25) is 14.3 Å². The molecule has 1 aromatic carbocycles. The molecule has 0 radical (unpaired) electrons. The molecule has 0 aliphatic heterocycles. The lowest BCUT2D eigenvalue weighted by Gasteiger charge is -2.14. The first kappa shape index (κ1) is 18.9. The van der Waals surface area contributed by atoms with Gasteiger partial charge in [0.15, 0.2) is 5.78 Å². The van der Waals surface area contributed by atoms with Crippen LogP contribution in [0.15, 0.2) is 30.6 Å². The van der Waals surface area contributed by atoms with E-state index in [-0.39, 0.29) is 17.7 Å². The summed E-state index contributed by atoms with van der Waals surface area (Å²) in [7, 11) is 0. The van der Waals surface area contributed by atoms with Crippen molar-refractivity contribution in [2.24, 2.45) is 0 Å². The summed E-state index contributed by atoms with van der Waals surface area (Å²) in [6.07, 6.45) is 4.90. The molecule has 5 nitrogen and oxygen atoms in total. The Bertz CT molecular complexity index is 712. The second-order valence-corrected chi connectivity index (χ2v) is 6.75. The number of rotatable bonds is 8. The van der Waals surface area contributed by atoms with Crippen molar-refractivity contribution in [3.05, 3.63) is 52.8 Å². The Kier molecular flexibility index (Phi) is 6.51. The van der Waals surface area contributed by atoms with Crippen molar-refractivity contribution in [1.29, 1.82) is 0 Å². The first-order chi connectivity index (χ1) is 11.9. The number of carbonyl (C=O) groups excluding carboxylic acids is 2. The number of ketones is 1. The molecular formula is C20H27N3O2. The van der Waals surface area contributed by atoms with Gasteiger partial charge in [0, 0.05) is 36.8 Å². The number of aromatic nitrogens is 2. The van der Waals surface area contributed by atoms with E-state index in [1.54, 1.807) is 10.9 Å². The van der Waals surface area contributed by atoms with Crippen LogP contribution in [0.2, 0.25) is 0 Å². The van der Waals surface area contributed by atoms with Crippen LogP contribution in [0.25, 0.3) is 0 Å². The second-order valence-electron chi connectivity index (χ2n) is 6.75. The highest BCUT2D eigenvalue weighted by Crippen LogP contribution is 2.19. The number of nitrogens with zero attached hydrogens (tertiary/aromatic N) is 2. The van der Waals surface area contributed by atoms with E-state index >= 15 is 0 Å². The van der Waals surface area contributed by atoms with Crippen molar-refractivity contribution in [1.82, 2.24) is 15.1 Å². The SMILES string of the molecule is Cc1cc(C)c(C(=O)CCCC(=O)N[C@@H](C)Cn2cccn2)c(C)c1. The maximum Gasteiger partial charge on any atom is 0.220 e. The summed E-state index contributed by atoms with van der Waals surface area (Å²) in [6.45, 7) is 8.56. The summed E-state index contributed by atoms with van der Waals surface area (Å²) in [4.78, 5) is 24.5. The van der Waals surface area contributed by atoms with Gasteiger partial charge in [-0.1, -0.05) is 17.7 Å². The van der Waals surface area contributed by atoms with Crippen LogP contribution in [-0.2, 0) is 11.3 Å². The van der Waals surface area contributed by atoms with Gasteiger partial charge in [-0.25, -0.2) is 0 Å². The van der Waals surface area contributed by atoms with Gasteiger partial charge in [-0.2, -0.15) is 5.10 Å². The summed E-state index contributed by atoms with van der Waals surface area (Å²) < 4.78 is 1.79. The van der Waals surface area contributed by atoms with E-state index in [2.05, 4.69) is 10.4 Å². The number of aryl methyl sites for hydroxylation is 3. The van der Waals surface area contributed by atoms with Gasteiger partial charge < -0.3 is 5.32 Å². The third-order valence-electron chi connectivity index (χ3n) is 4.19. The predicted octanol–water partition coefficient (Wildman–Crippen LogP) is 3.37. The van der Waals surface area contributed by atoms with Crippen molar-refractivity contribution < 1.29 is 9.59 Å². The molecule has 0 unspecified atom stereocenters. The van der Waals surface area contributed by atoms with Crippen molar-refractivity contribution >= 4 is 11.7 Å². The van der Waals surface area contributed by atoms with Crippen LogP contribution >= 0.6 is 0 Å². The minimum atomic E-state index is -0.0233. The van der Waals surface area contributed by atoms with Gasteiger partial charge in [0.25, 0.3) is 0 Å². The average molecular weight is 341 g/mol. The second kappa shape index (κ2) is 8.60. The van der Waals surface area contributed by atoms with E-state index in [0.29, 0.717) is 25.8 Å². The lowest BCUT2D eigenvalue weighted by Crippen LogP contribution is -2.35. The van der Waals surface area contributed by atoms with Gasteiger partial charge in [0.2, 0.25) is 5.91 Å². The van der Waals surface area contributed by atoms with E-state index in [4.69, 9.17) is 0 Å². The van der Waals surface area contributed by atoms with Crippen LogP contribution in [-0.4, -0.2) is 27.5 Å². The first-order valence-corrected chi connectivity index (χ1v) is 8.74. The lowest BCUT2D eigenvalue weighted by atomic mass is 9.94. The molecule has 0 aliphatic carbocycles. The van der Waals surface area contributed by atoms with Crippen LogP contribution in [0, 0.1) is 20.8 Å². The number of amides is 1. The zero-order chi connectivity index (χ0) is 18.4. The van der Waals surface area contributed by atoms with Gasteiger partial charge in [0.05, 0.1) is 6.54 Å². The molecule has 0 fully saturated rings. The van der Waals surface area contributed by atoms with Crippen LogP contribution in [0.1, 0.15) is 53.2 Å². The molecule has 25 heavy (non-hydrogen) atoms. The number of Topliss-reactive ketones (excluding diaryl/α,β-unsaturated/α-hetero) is 1. The zero-order valence-electron chi connectivity index (χ0n) is 15.5. The fourth-order valence-corrected chi connectivity index (χ4v) is 3.24. The molecule has 1 atom stereocenters. The molecule has 1 amide bonds. The molecule has 2 rings (SSSR count). The van der Waals surface area contributed by atoms with E-state index in [0.717, 1.165) is 22.3 Å². The molecule has 0 saturated carbocycles. The monoisotopic (exact) mass is 341 g/mol. The maximum absolute atomic E-state index is 12.5. The largest absolute Gasteiger partial charge is 0.352 e. The molecular weight excluding hydrogens is 314 g/mol. The Hall–Kier alpha value is -2.43. The van der Waals surface area contributed by atoms with E-state index < -0.39 is 0 Å². The Morgan fingerprint density at radius 3 is 2.44 bits per heavy atom. The number of hydrogen-bond acceptors (Lipinski definition) is 3. The zero-order valence-corrected chi connectivity index (χ0v) is 15.5. The minimum Gasteiger partial charge on any atom is -0.352 e. The minimum absolute atomic E-state index is 0.00434. The Labute approximate surface area is 149 Å². The summed E-state index contributed by atoms with van der Waals surface area (Å²) >= 11 is 0. The van der Waals surface area contributed by atoms with E-state index in [1.807, 2.05) is 52.1 Å². The molecule has 0 saturated heterocycles.